The van der Waals surface area contributed by atoms with Crippen LogP contribution in [-0.4, -0.2) is 29.7 Å². The van der Waals surface area contributed by atoms with Gasteiger partial charge in [0.05, 0.1) is 13.0 Å². The molecular formula is C20H23NO2. The summed E-state index contributed by atoms with van der Waals surface area (Å²) in [5.41, 5.74) is 1.97. The summed E-state index contributed by atoms with van der Waals surface area (Å²) < 4.78 is 0. The van der Waals surface area contributed by atoms with Gasteiger partial charge in [-0.25, -0.2) is 0 Å². The predicted molar refractivity (Wildman–Crippen MR) is 92.2 cm³/mol. The van der Waals surface area contributed by atoms with E-state index in [1.54, 1.807) is 4.90 Å². The third kappa shape index (κ3) is 5.70. The first-order valence-corrected chi connectivity index (χ1v) is 8.06. The van der Waals surface area contributed by atoms with Crippen molar-refractivity contribution in [2.24, 2.45) is 0 Å². The molecule has 0 radical (unpaired) electrons. The Balaban J connectivity index is 1.94. The Bertz CT molecular complexity index is 623. The molecule has 2 aromatic rings. The highest BCUT2D eigenvalue weighted by Crippen LogP contribution is 2.06. The van der Waals surface area contributed by atoms with E-state index in [0.29, 0.717) is 19.4 Å². The topological polar surface area (TPSA) is 37.4 Å². The van der Waals surface area contributed by atoms with Gasteiger partial charge in [-0.15, -0.1) is 0 Å². The lowest BCUT2D eigenvalue weighted by molar-refractivity contribution is -0.134. The average molecular weight is 309 g/mol. The normalized spacial score (nSPS) is 10.3. The van der Waals surface area contributed by atoms with E-state index in [2.05, 4.69) is 0 Å². The van der Waals surface area contributed by atoms with Crippen LogP contribution in [0.15, 0.2) is 60.7 Å². The lowest BCUT2D eigenvalue weighted by Crippen LogP contribution is -2.37. The lowest BCUT2D eigenvalue weighted by atomic mass is 10.1. The Labute approximate surface area is 137 Å². The fourth-order valence-corrected chi connectivity index (χ4v) is 2.54. The van der Waals surface area contributed by atoms with E-state index in [4.69, 9.17) is 0 Å². The maximum absolute atomic E-state index is 12.5. The monoisotopic (exact) mass is 309 g/mol. The van der Waals surface area contributed by atoms with Crippen molar-refractivity contribution in [2.45, 2.75) is 26.2 Å². The van der Waals surface area contributed by atoms with Crippen molar-refractivity contribution in [3.63, 3.8) is 0 Å². The number of Topliss-reactive ketones (excluding diaryl/α,β-unsaturated/α-hetero) is 1. The van der Waals surface area contributed by atoms with Gasteiger partial charge in [-0.2, -0.15) is 0 Å². The van der Waals surface area contributed by atoms with E-state index >= 15 is 0 Å². The number of hydrogen-bond acceptors (Lipinski definition) is 2. The number of hydrogen-bond donors (Lipinski definition) is 0. The molecule has 0 N–H and O–H groups in total. The molecule has 0 aliphatic heterocycles. The van der Waals surface area contributed by atoms with Gasteiger partial charge in [0.25, 0.3) is 0 Å². The quantitative estimate of drug-likeness (QED) is 0.750. The zero-order chi connectivity index (χ0) is 16.5. The molecule has 120 valence electrons. The van der Waals surface area contributed by atoms with Gasteiger partial charge in [-0.05, 0) is 17.5 Å². The third-order valence-electron chi connectivity index (χ3n) is 3.66. The number of benzene rings is 2. The Kier molecular flexibility index (Phi) is 6.55. The molecule has 2 aromatic carbocycles. The molecule has 1 amide bonds. The number of nitrogens with zero attached hydrogens (tertiary/aromatic N) is 1. The van der Waals surface area contributed by atoms with Crippen LogP contribution in [0.1, 0.15) is 24.5 Å². The molecule has 0 saturated carbocycles. The van der Waals surface area contributed by atoms with E-state index in [0.717, 1.165) is 17.5 Å². The van der Waals surface area contributed by atoms with Gasteiger partial charge >= 0.3 is 0 Å². The van der Waals surface area contributed by atoms with E-state index < -0.39 is 0 Å². The smallest absolute Gasteiger partial charge is 0.227 e. The lowest BCUT2D eigenvalue weighted by Gasteiger charge is -2.21. The van der Waals surface area contributed by atoms with Crippen LogP contribution in [0.2, 0.25) is 0 Å². The average Bonchev–Trinajstić information content (AvgIpc) is 2.56. The summed E-state index contributed by atoms with van der Waals surface area (Å²) in [4.78, 5) is 26.4. The molecular weight excluding hydrogens is 286 g/mol. The summed E-state index contributed by atoms with van der Waals surface area (Å²) >= 11 is 0. The Morgan fingerprint density at radius 2 is 1.35 bits per heavy atom. The minimum atomic E-state index is 0.0134. The van der Waals surface area contributed by atoms with E-state index in [9.17, 15) is 9.59 Å². The molecule has 3 nitrogen and oxygen atoms in total. The van der Waals surface area contributed by atoms with Crippen LogP contribution in [-0.2, 0) is 22.4 Å². The minimum absolute atomic E-state index is 0.0134. The van der Waals surface area contributed by atoms with Crippen LogP contribution in [0.4, 0.5) is 0 Å². The fourth-order valence-electron chi connectivity index (χ4n) is 2.54. The fraction of sp³-hybridized carbons (Fsp3) is 0.300. The summed E-state index contributed by atoms with van der Waals surface area (Å²) in [7, 11) is 0. The standard InChI is InChI=1S/C20H23NO2/c1-2-13-21(20(23)15-18-11-7-4-8-12-18)16-19(22)14-17-9-5-3-6-10-17/h3-12H,2,13-16H2,1H3. The zero-order valence-corrected chi connectivity index (χ0v) is 13.6. The van der Waals surface area contributed by atoms with Crippen LogP contribution in [0, 0.1) is 0 Å². The second kappa shape index (κ2) is 8.89. The number of carbonyl (C=O) groups is 2. The molecule has 0 fully saturated rings. The molecule has 2 rings (SSSR count). The van der Waals surface area contributed by atoms with Gasteiger partial charge in [0.2, 0.25) is 5.91 Å². The highest BCUT2D eigenvalue weighted by Gasteiger charge is 2.16. The number of amides is 1. The Morgan fingerprint density at radius 1 is 0.826 bits per heavy atom. The van der Waals surface area contributed by atoms with Crippen molar-refractivity contribution < 1.29 is 9.59 Å². The van der Waals surface area contributed by atoms with Crippen LogP contribution in [0.5, 0.6) is 0 Å². The Hall–Kier alpha value is -2.42. The molecule has 0 heterocycles. The van der Waals surface area contributed by atoms with E-state index in [1.165, 1.54) is 0 Å². The maximum Gasteiger partial charge on any atom is 0.227 e. The number of ketones is 1. The largest absolute Gasteiger partial charge is 0.335 e. The summed E-state index contributed by atoms with van der Waals surface area (Å²) in [6.07, 6.45) is 1.57. The van der Waals surface area contributed by atoms with Gasteiger partial charge in [-0.3, -0.25) is 9.59 Å². The third-order valence-corrected chi connectivity index (χ3v) is 3.66. The number of carbonyl (C=O) groups excluding carboxylic acids is 2. The molecule has 0 spiro atoms. The van der Waals surface area contributed by atoms with Crippen molar-refractivity contribution >= 4 is 11.7 Å². The molecule has 3 heteroatoms. The predicted octanol–water partition coefficient (Wildman–Crippen LogP) is 3.28. The molecule has 0 atom stereocenters. The van der Waals surface area contributed by atoms with Crippen molar-refractivity contribution in [3.8, 4) is 0 Å². The molecule has 0 aliphatic rings. The summed E-state index contributed by atoms with van der Waals surface area (Å²) in [6.45, 7) is 2.82. The molecule has 0 saturated heterocycles. The molecule has 0 unspecified atom stereocenters. The Morgan fingerprint density at radius 3 is 1.87 bits per heavy atom. The molecule has 0 aromatic heterocycles. The van der Waals surface area contributed by atoms with Crippen LogP contribution in [0.25, 0.3) is 0 Å². The highest BCUT2D eigenvalue weighted by atomic mass is 16.2. The van der Waals surface area contributed by atoms with E-state index in [-0.39, 0.29) is 18.2 Å². The van der Waals surface area contributed by atoms with Gasteiger partial charge in [0.1, 0.15) is 0 Å². The van der Waals surface area contributed by atoms with Crippen LogP contribution in [0.3, 0.4) is 0 Å². The van der Waals surface area contributed by atoms with E-state index in [1.807, 2.05) is 67.6 Å². The van der Waals surface area contributed by atoms with Crippen molar-refractivity contribution in [3.05, 3.63) is 71.8 Å². The van der Waals surface area contributed by atoms with Gasteiger partial charge < -0.3 is 4.90 Å². The second-order valence-corrected chi connectivity index (χ2v) is 5.68. The summed E-state index contributed by atoms with van der Waals surface area (Å²) in [5, 5.41) is 0. The molecule has 0 aliphatic carbocycles. The van der Waals surface area contributed by atoms with Gasteiger partial charge in [-0.1, -0.05) is 67.6 Å². The molecule has 23 heavy (non-hydrogen) atoms. The first-order valence-electron chi connectivity index (χ1n) is 8.06. The first-order chi connectivity index (χ1) is 11.2. The van der Waals surface area contributed by atoms with Crippen molar-refractivity contribution in [2.75, 3.05) is 13.1 Å². The van der Waals surface area contributed by atoms with Crippen LogP contribution < -0.4 is 0 Å². The zero-order valence-electron chi connectivity index (χ0n) is 13.6. The van der Waals surface area contributed by atoms with Gasteiger partial charge in [0.15, 0.2) is 5.78 Å². The van der Waals surface area contributed by atoms with Gasteiger partial charge in [0, 0.05) is 13.0 Å². The minimum Gasteiger partial charge on any atom is -0.335 e. The number of rotatable bonds is 8. The maximum atomic E-state index is 12.5. The van der Waals surface area contributed by atoms with Crippen molar-refractivity contribution in [1.82, 2.24) is 4.90 Å². The summed E-state index contributed by atoms with van der Waals surface area (Å²) in [6, 6.07) is 19.3. The second-order valence-electron chi connectivity index (χ2n) is 5.68. The SMILES string of the molecule is CCCN(CC(=O)Cc1ccccc1)C(=O)Cc1ccccc1. The van der Waals surface area contributed by atoms with Crippen LogP contribution >= 0.6 is 0 Å². The highest BCUT2D eigenvalue weighted by molar-refractivity contribution is 5.88. The van der Waals surface area contributed by atoms with Crippen molar-refractivity contribution in [1.29, 1.82) is 0 Å². The first kappa shape index (κ1) is 16.9. The molecule has 0 bridgehead atoms. The summed E-state index contributed by atoms with van der Waals surface area (Å²) in [5.74, 6) is 0.0884.